The number of nitrogens with one attached hydrogen (secondary N) is 1. The molecule has 0 fully saturated rings. The Balaban J connectivity index is 1.90. The molecular formula is C18H14Cl3N3O4S. The SMILES string of the molecule is CCOC(=O)c1sc2ncn(CC(=O)Nc3c(Cl)cc(Cl)cc3Cl)c(=O)c2c1C. The Hall–Kier alpha value is -2.13. The Morgan fingerprint density at radius 2 is 1.90 bits per heavy atom. The standard InChI is InChI=1S/C18H14Cl3N3O4S/c1-3-28-18(27)15-8(2)13-16(29-15)22-7-24(17(13)26)6-12(25)23-14-10(20)4-9(19)5-11(14)21/h4-5,7H,3,6H2,1-2H3,(H,23,25). The van der Waals surface area contributed by atoms with E-state index in [0.717, 1.165) is 15.9 Å². The zero-order valence-corrected chi connectivity index (χ0v) is 18.3. The van der Waals surface area contributed by atoms with Crippen molar-refractivity contribution in [1.82, 2.24) is 9.55 Å². The number of aromatic nitrogens is 2. The van der Waals surface area contributed by atoms with Crippen molar-refractivity contribution in [1.29, 1.82) is 0 Å². The fraction of sp³-hybridized carbons (Fsp3) is 0.222. The zero-order valence-electron chi connectivity index (χ0n) is 15.2. The number of hydrogen-bond acceptors (Lipinski definition) is 6. The molecule has 1 amide bonds. The van der Waals surface area contributed by atoms with Crippen molar-refractivity contribution < 1.29 is 14.3 Å². The summed E-state index contributed by atoms with van der Waals surface area (Å²) >= 11 is 19.1. The number of ether oxygens (including phenoxy) is 1. The summed E-state index contributed by atoms with van der Waals surface area (Å²) in [6, 6.07) is 2.88. The van der Waals surface area contributed by atoms with Crippen LogP contribution in [-0.2, 0) is 16.1 Å². The highest BCUT2D eigenvalue weighted by atomic mass is 35.5. The zero-order chi connectivity index (χ0) is 21.3. The summed E-state index contributed by atoms with van der Waals surface area (Å²) in [4.78, 5) is 42.2. The largest absolute Gasteiger partial charge is 0.462 e. The highest BCUT2D eigenvalue weighted by molar-refractivity contribution is 7.20. The second kappa shape index (κ2) is 8.71. The number of carbonyl (C=O) groups excluding carboxylic acids is 2. The minimum absolute atomic E-state index is 0.171. The fourth-order valence-corrected chi connectivity index (χ4v) is 4.60. The third-order valence-corrected chi connectivity index (χ3v) is 5.96. The first-order valence-electron chi connectivity index (χ1n) is 8.33. The minimum Gasteiger partial charge on any atom is -0.462 e. The third-order valence-electron chi connectivity index (χ3n) is 3.96. The van der Waals surface area contributed by atoms with Gasteiger partial charge in [0.1, 0.15) is 16.3 Å². The van der Waals surface area contributed by atoms with E-state index in [2.05, 4.69) is 10.3 Å². The van der Waals surface area contributed by atoms with Gasteiger partial charge in [0.05, 0.1) is 34.1 Å². The van der Waals surface area contributed by atoms with Crippen LogP contribution in [0, 0.1) is 6.92 Å². The Bertz CT molecular complexity index is 1170. The molecule has 11 heteroatoms. The molecule has 0 saturated heterocycles. The number of thiophene rings is 1. The summed E-state index contributed by atoms with van der Waals surface area (Å²) in [6.07, 6.45) is 1.25. The molecule has 1 N–H and O–H groups in total. The minimum atomic E-state index is -0.530. The van der Waals surface area contributed by atoms with Crippen molar-refractivity contribution >= 4 is 73.9 Å². The van der Waals surface area contributed by atoms with E-state index in [9.17, 15) is 14.4 Å². The normalized spacial score (nSPS) is 10.9. The highest BCUT2D eigenvalue weighted by Gasteiger charge is 2.21. The summed E-state index contributed by atoms with van der Waals surface area (Å²) in [5.41, 5.74) is 0.225. The summed E-state index contributed by atoms with van der Waals surface area (Å²) in [5, 5.41) is 3.51. The number of carbonyl (C=O) groups is 2. The van der Waals surface area contributed by atoms with Crippen LogP contribution >= 0.6 is 46.1 Å². The third kappa shape index (κ3) is 4.40. The van der Waals surface area contributed by atoms with E-state index in [1.54, 1.807) is 13.8 Å². The topological polar surface area (TPSA) is 90.3 Å². The maximum atomic E-state index is 12.8. The molecule has 0 aliphatic heterocycles. The molecule has 0 aliphatic carbocycles. The van der Waals surface area contributed by atoms with Gasteiger partial charge in [0.2, 0.25) is 5.91 Å². The molecule has 0 aliphatic rings. The van der Waals surface area contributed by atoms with Crippen LogP contribution in [0.25, 0.3) is 10.2 Å². The lowest BCUT2D eigenvalue weighted by atomic mass is 10.2. The molecule has 2 aromatic heterocycles. The Morgan fingerprint density at radius 1 is 1.24 bits per heavy atom. The van der Waals surface area contributed by atoms with E-state index in [1.807, 2.05) is 0 Å². The second-order valence-electron chi connectivity index (χ2n) is 5.93. The van der Waals surface area contributed by atoms with Crippen LogP contribution in [-0.4, -0.2) is 28.0 Å². The van der Waals surface area contributed by atoms with Crippen molar-refractivity contribution in [2.75, 3.05) is 11.9 Å². The van der Waals surface area contributed by atoms with Crippen LogP contribution in [0.2, 0.25) is 15.1 Å². The maximum absolute atomic E-state index is 12.8. The van der Waals surface area contributed by atoms with Gasteiger partial charge >= 0.3 is 5.97 Å². The monoisotopic (exact) mass is 473 g/mol. The van der Waals surface area contributed by atoms with Crippen LogP contribution in [0.1, 0.15) is 22.2 Å². The molecule has 0 spiro atoms. The van der Waals surface area contributed by atoms with E-state index >= 15 is 0 Å². The highest BCUT2D eigenvalue weighted by Crippen LogP contribution is 2.33. The number of nitrogens with zero attached hydrogens (tertiary/aromatic N) is 2. The van der Waals surface area contributed by atoms with Gasteiger partial charge in [-0.15, -0.1) is 11.3 Å². The lowest BCUT2D eigenvalue weighted by Gasteiger charge is -2.11. The smallest absolute Gasteiger partial charge is 0.348 e. The summed E-state index contributed by atoms with van der Waals surface area (Å²) in [6.45, 7) is 3.25. The van der Waals surface area contributed by atoms with Crippen LogP contribution < -0.4 is 10.9 Å². The Kier molecular flexibility index (Phi) is 6.48. The van der Waals surface area contributed by atoms with Crippen LogP contribution in [0.4, 0.5) is 5.69 Å². The molecule has 0 bridgehead atoms. The number of anilines is 1. The average molecular weight is 475 g/mol. The molecule has 7 nitrogen and oxygen atoms in total. The Labute approximate surface area is 184 Å². The van der Waals surface area contributed by atoms with Crippen molar-refractivity contribution in [3.05, 3.63) is 54.3 Å². The first-order chi connectivity index (χ1) is 13.7. The van der Waals surface area contributed by atoms with Gasteiger partial charge in [0.25, 0.3) is 5.56 Å². The van der Waals surface area contributed by atoms with Gasteiger partial charge in [-0.3, -0.25) is 14.2 Å². The van der Waals surface area contributed by atoms with Gasteiger partial charge in [-0.05, 0) is 31.5 Å². The second-order valence-corrected chi connectivity index (χ2v) is 8.18. The van der Waals surface area contributed by atoms with Gasteiger partial charge in [-0.2, -0.15) is 0 Å². The van der Waals surface area contributed by atoms with Crippen molar-refractivity contribution in [3.8, 4) is 0 Å². The van der Waals surface area contributed by atoms with Crippen molar-refractivity contribution in [2.45, 2.75) is 20.4 Å². The van der Waals surface area contributed by atoms with Crippen molar-refractivity contribution in [2.24, 2.45) is 0 Å². The van der Waals surface area contributed by atoms with E-state index in [1.165, 1.54) is 18.5 Å². The number of hydrogen-bond donors (Lipinski definition) is 1. The van der Waals surface area contributed by atoms with Gasteiger partial charge in [-0.25, -0.2) is 9.78 Å². The molecule has 29 heavy (non-hydrogen) atoms. The van der Waals surface area contributed by atoms with Gasteiger partial charge in [0.15, 0.2) is 0 Å². The molecule has 2 heterocycles. The van der Waals surface area contributed by atoms with Gasteiger partial charge in [-0.1, -0.05) is 34.8 Å². The van der Waals surface area contributed by atoms with E-state index < -0.39 is 17.4 Å². The first-order valence-corrected chi connectivity index (χ1v) is 10.3. The number of benzene rings is 1. The molecular weight excluding hydrogens is 461 g/mol. The molecule has 3 rings (SSSR count). The quantitative estimate of drug-likeness (QED) is 0.548. The van der Waals surface area contributed by atoms with E-state index in [0.29, 0.717) is 20.3 Å². The molecule has 152 valence electrons. The predicted octanol–water partition coefficient (Wildman–Crippen LogP) is 4.54. The van der Waals surface area contributed by atoms with Gasteiger partial charge < -0.3 is 10.1 Å². The lowest BCUT2D eigenvalue weighted by molar-refractivity contribution is -0.116. The van der Waals surface area contributed by atoms with E-state index in [4.69, 9.17) is 39.5 Å². The number of aryl methyl sites for hydroxylation is 1. The maximum Gasteiger partial charge on any atom is 0.348 e. The summed E-state index contributed by atoms with van der Waals surface area (Å²) in [5.74, 6) is -1.04. The number of fused-ring (bicyclic) bond motifs is 1. The predicted molar refractivity (Wildman–Crippen MR) is 115 cm³/mol. The average Bonchev–Trinajstić information content (AvgIpc) is 2.98. The molecule has 0 atom stereocenters. The molecule has 0 radical (unpaired) electrons. The molecule has 1 aromatic carbocycles. The molecule has 0 unspecified atom stereocenters. The number of rotatable bonds is 5. The lowest BCUT2D eigenvalue weighted by Crippen LogP contribution is -2.28. The van der Waals surface area contributed by atoms with Crippen LogP contribution in [0.15, 0.2) is 23.3 Å². The molecule has 0 saturated carbocycles. The number of amides is 1. The summed E-state index contributed by atoms with van der Waals surface area (Å²) < 4.78 is 6.15. The van der Waals surface area contributed by atoms with Gasteiger partial charge in [0, 0.05) is 5.02 Å². The Morgan fingerprint density at radius 3 is 2.52 bits per heavy atom. The van der Waals surface area contributed by atoms with Crippen LogP contribution in [0.3, 0.4) is 0 Å². The van der Waals surface area contributed by atoms with Crippen molar-refractivity contribution in [3.63, 3.8) is 0 Å². The summed E-state index contributed by atoms with van der Waals surface area (Å²) in [7, 11) is 0. The number of esters is 1. The molecule has 3 aromatic rings. The van der Waals surface area contributed by atoms with E-state index in [-0.39, 0.29) is 34.3 Å². The number of halogens is 3. The fourth-order valence-electron chi connectivity index (χ4n) is 2.66. The van der Waals surface area contributed by atoms with Crippen LogP contribution in [0.5, 0.6) is 0 Å². The first kappa shape index (κ1) is 21.6.